The van der Waals surface area contributed by atoms with Crippen molar-refractivity contribution in [1.82, 2.24) is 5.32 Å². The number of anilines is 1. The molecule has 0 aliphatic heterocycles. The predicted molar refractivity (Wildman–Crippen MR) is 75.7 cm³/mol. The van der Waals surface area contributed by atoms with Crippen LogP contribution in [0.15, 0.2) is 12.1 Å². The van der Waals surface area contributed by atoms with Crippen LogP contribution in [0.2, 0.25) is 0 Å². The Hall–Kier alpha value is -1.69. The zero-order valence-corrected chi connectivity index (χ0v) is 11.8. The predicted octanol–water partition coefficient (Wildman–Crippen LogP) is 2.22. The average Bonchev–Trinajstić information content (AvgIpc) is 2.49. The van der Waals surface area contributed by atoms with Crippen LogP contribution in [-0.4, -0.2) is 24.2 Å². The van der Waals surface area contributed by atoms with E-state index in [1.807, 2.05) is 0 Å². The summed E-state index contributed by atoms with van der Waals surface area (Å²) in [5, 5.41) is 12.3. The number of aliphatic hydroxyl groups is 1. The highest BCUT2D eigenvalue weighted by molar-refractivity contribution is 5.99. The standard InChI is InChI=1S/C15H20F2N2O2/c16-11-6-10(13(18)7-12(11)17)14(21)19-8-15(9-20)4-2-1-3-5-15/h6-7,20H,1-5,8-9,18H2,(H,19,21). The number of hydrogen-bond acceptors (Lipinski definition) is 3. The fourth-order valence-electron chi connectivity index (χ4n) is 2.81. The highest BCUT2D eigenvalue weighted by Gasteiger charge is 2.32. The lowest BCUT2D eigenvalue weighted by Crippen LogP contribution is -2.41. The van der Waals surface area contributed by atoms with E-state index < -0.39 is 17.5 Å². The lowest BCUT2D eigenvalue weighted by molar-refractivity contribution is 0.0718. The lowest BCUT2D eigenvalue weighted by Gasteiger charge is -2.35. The van der Waals surface area contributed by atoms with Crippen molar-refractivity contribution in [2.75, 3.05) is 18.9 Å². The molecule has 0 atom stereocenters. The summed E-state index contributed by atoms with van der Waals surface area (Å²) in [7, 11) is 0. The van der Waals surface area contributed by atoms with E-state index in [4.69, 9.17) is 5.73 Å². The fraction of sp³-hybridized carbons (Fsp3) is 0.533. The van der Waals surface area contributed by atoms with Crippen LogP contribution in [0.25, 0.3) is 0 Å². The van der Waals surface area contributed by atoms with Crippen LogP contribution < -0.4 is 11.1 Å². The number of nitrogen functional groups attached to an aromatic ring is 1. The van der Waals surface area contributed by atoms with Gasteiger partial charge in [0, 0.05) is 23.7 Å². The van der Waals surface area contributed by atoms with Crippen LogP contribution in [0.3, 0.4) is 0 Å². The first-order valence-electron chi connectivity index (χ1n) is 7.11. The summed E-state index contributed by atoms with van der Waals surface area (Å²) in [6, 6.07) is 1.60. The third-order valence-corrected chi connectivity index (χ3v) is 4.21. The van der Waals surface area contributed by atoms with Gasteiger partial charge in [-0.05, 0) is 18.9 Å². The van der Waals surface area contributed by atoms with Crippen LogP contribution in [0, 0.1) is 17.0 Å². The highest BCUT2D eigenvalue weighted by Crippen LogP contribution is 2.35. The van der Waals surface area contributed by atoms with Gasteiger partial charge in [0.25, 0.3) is 5.91 Å². The van der Waals surface area contributed by atoms with Gasteiger partial charge in [0.1, 0.15) is 0 Å². The number of amides is 1. The topological polar surface area (TPSA) is 75.4 Å². The molecule has 2 rings (SSSR count). The summed E-state index contributed by atoms with van der Waals surface area (Å²) in [5.41, 5.74) is 5.04. The van der Waals surface area contributed by atoms with Gasteiger partial charge in [0.05, 0.1) is 12.2 Å². The number of halogens is 2. The maximum atomic E-state index is 13.2. The Kier molecular flexibility index (Phi) is 4.77. The number of nitrogens with one attached hydrogen (secondary N) is 1. The molecule has 116 valence electrons. The second kappa shape index (κ2) is 6.39. The van der Waals surface area contributed by atoms with Crippen molar-refractivity contribution in [1.29, 1.82) is 0 Å². The Labute approximate surface area is 122 Å². The number of hydrogen-bond donors (Lipinski definition) is 3. The smallest absolute Gasteiger partial charge is 0.253 e. The number of carbonyl (C=O) groups excluding carboxylic acids is 1. The zero-order chi connectivity index (χ0) is 15.5. The molecule has 21 heavy (non-hydrogen) atoms. The maximum Gasteiger partial charge on any atom is 0.253 e. The van der Waals surface area contributed by atoms with Crippen LogP contribution in [0.1, 0.15) is 42.5 Å². The molecule has 4 N–H and O–H groups in total. The Morgan fingerprint density at radius 3 is 2.48 bits per heavy atom. The van der Waals surface area contributed by atoms with Crippen LogP contribution in [0.5, 0.6) is 0 Å². The quantitative estimate of drug-likeness (QED) is 0.746. The van der Waals surface area contributed by atoms with Gasteiger partial charge in [-0.1, -0.05) is 19.3 Å². The first-order chi connectivity index (χ1) is 9.97. The second-order valence-corrected chi connectivity index (χ2v) is 5.76. The van der Waals surface area contributed by atoms with E-state index in [2.05, 4.69) is 5.32 Å². The van der Waals surface area contributed by atoms with E-state index in [1.165, 1.54) is 0 Å². The van der Waals surface area contributed by atoms with Gasteiger partial charge in [-0.25, -0.2) is 8.78 Å². The zero-order valence-electron chi connectivity index (χ0n) is 11.8. The number of rotatable bonds is 4. The molecule has 1 saturated carbocycles. The van der Waals surface area contributed by atoms with Gasteiger partial charge < -0.3 is 16.2 Å². The van der Waals surface area contributed by atoms with Gasteiger partial charge >= 0.3 is 0 Å². The number of aliphatic hydroxyl groups excluding tert-OH is 1. The number of carbonyl (C=O) groups is 1. The minimum atomic E-state index is -1.11. The fourth-order valence-corrected chi connectivity index (χ4v) is 2.81. The van der Waals surface area contributed by atoms with Crippen molar-refractivity contribution in [3.05, 3.63) is 29.3 Å². The van der Waals surface area contributed by atoms with Crippen LogP contribution >= 0.6 is 0 Å². The molecule has 1 amide bonds. The summed E-state index contributed by atoms with van der Waals surface area (Å²) in [4.78, 5) is 12.1. The summed E-state index contributed by atoms with van der Waals surface area (Å²) in [5.74, 6) is -2.74. The van der Waals surface area contributed by atoms with Gasteiger partial charge in [-0.3, -0.25) is 4.79 Å². The molecule has 1 fully saturated rings. The van der Waals surface area contributed by atoms with E-state index in [-0.39, 0.29) is 23.3 Å². The third kappa shape index (κ3) is 3.50. The molecule has 1 aromatic rings. The van der Waals surface area contributed by atoms with Gasteiger partial charge in [0.15, 0.2) is 11.6 Å². The Bertz CT molecular complexity index is 529. The molecule has 0 unspecified atom stereocenters. The molecule has 0 aromatic heterocycles. The average molecular weight is 298 g/mol. The SMILES string of the molecule is Nc1cc(F)c(F)cc1C(=O)NCC1(CO)CCCCC1. The minimum absolute atomic E-state index is 0.000537. The van der Waals surface area contributed by atoms with E-state index >= 15 is 0 Å². The van der Waals surface area contributed by atoms with E-state index in [1.54, 1.807) is 0 Å². The highest BCUT2D eigenvalue weighted by atomic mass is 19.2. The van der Waals surface area contributed by atoms with Gasteiger partial charge in [-0.2, -0.15) is 0 Å². The molecule has 1 aromatic carbocycles. The van der Waals surface area contributed by atoms with Crippen LogP contribution in [0.4, 0.5) is 14.5 Å². The monoisotopic (exact) mass is 298 g/mol. The molecule has 4 nitrogen and oxygen atoms in total. The molecule has 1 aliphatic carbocycles. The molecule has 0 heterocycles. The first-order valence-corrected chi connectivity index (χ1v) is 7.11. The third-order valence-electron chi connectivity index (χ3n) is 4.21. The largest absolute Gasteiger partial charge is 0.398 e. The molecule has 1 aliphatic rings. The molecule has 0 radical (unpaired) electrons. The van der Waals surface area contributed by atoms with Gasteiger partial charge in [0.2, 0.25) is 0 Å². The maximum absolute atomic E-state index is 13.2. The Morgan fingerprint density at radius 2 is 1.86 bits per heavy atom. The van der Waals surface area contributed by atoms with Crippen molar-refractivity contribution in [3.8, 4) is 0 Å². The molecule has 0 saturated heterocycles. The normalized spacial score (nSPS) is 17.5. The van der Waals surface area contributed by atoms with Crippen molar-refractivity contribution in [3.63, 3.8) is 0 Å². The number of benzene rings is 1. The lowest BCUT2D eigenvalue weighted by atomic mass is 9.74. The Morgan fingerprint density at radius 1 is 1.24 bits per heavy atom. The van der Waals surface area contributed by atoms with E-state index in [0.29, 0.717) is 6.54 Å². The first kappa shape index (κ1) is 15.7. The van der Waals surface area contributed by atoms with Crippen molar-refractivity contribution in [2.24, 2.45) is 5.41 Å². The van der Waals surface area contributed by atoms with Crippen LogP contribution in [-0.2, 0) is 0 Å². The number of nitrogens with two attached hydrogens (primary N) is 1. The second-order valence-electron chi connectivity index (χ2n) is 5.76. The molecule has 0 bridgehead atoms. The van der Waals surface area contributed by atoms with E-state index in [9.17, 15) is 18.7 Å². The Balaban J connectivity index is 2.06. The molecule has 0 spiro atoms. The van der Waals surface area contributed by atoms with Gasteiger partial charge in [-0.15, -0.1) is 0 Å². The van der Waals surface area contributed by atoms with Crippen molar-refractivity contribution < 1.29 is 18.7 Å². The van der Waals surface area contributed by atoms with Crippen molar-refractivity contribution >= 4 is 11.6 Å². The molecule has 6 heteroatoms. The summed E-state index contributed by atoms with van der Waals surface area (Å²) >= 11 is 0. The summed E-state index contributed by atoms with van der Waals surface area (Å²) in [6.07, 6.45) is 4.85. The van der Waals surface area contributed by atoms with E-state index in [0.717, 1.165) is 44.2 Å². The molecular weight excluding hydrogens is 278 g/mol. The van der Waals surface area contributed by atoms with Crippen molar-refractivity contribution in [2.45, 2.75) is 32.1 Å². The molecular formula is C15H20F2N2O2. The minimum Gasteiger partial charge on any atom is -0.398 e. The summed E-state index contributed by atoms with van der Waals surface area (Å²) < 4.78 is 26.2. The summed E-state index contributed by atoms with van der Waals surface area (Å²) in [6.45, 7) is 0.307.